The van der Waals surface area contributed by atoms with E-state index in [9.17, 15) is 4.79 Å². The molecule has 0 saturated heterocycles. The first-order chi connectivity index (χ1) is 17.2. The molecule has 3 heterocycles. The van der Waals surface area contributed by atoms with Gasteiger partial charge in [-0.2, -0.15) is 0 Å². The highest BCUT2D eigenvalue weighted by atomic mass is 16.5. The normalized spacial score (nSPS) is 17.3. The van der Waals surface area contributed by atoms with E-state index in [0.717, 1.165) is 54.6 Å². The van der Waals surface area contributed by atoms with Gasteiger partial charge >= 0.3 is 0 Å². The smallest absolute Gasteiger partial charge is 0.254 e. The van der Waals surface area contributed by atoms with Gasteiger partial charge < -0.3 is 14.6 Å². The molecule has 2 aromatic heterocycles. The van der Waals surface area contributed by atoms with Gasteiger partial charge in [-0.05, 0) is 71.3 Å². The summed E-state index contributed by atoms with van der Waals surface area (Å²) in [6.45, 7) is 0.833. The molecule has 4 aromatic rings. The predicted molar refractivity (Wildman–Crippen MR) is 135 cm³/mol. The number of aromatic nitrogens is 5. The zero-order chi connectivity index (χ0) is 23.8. The number of para-hydroxylation sites is 1. The molecule has 1 fully saturated rings. The van der Waals surface area contributed by atoms with E-state index in [1.54, 1.807) is 7.11 Å². The van der Waals surface area contributed by atoms with E-state index in [1.165, 1.54) is 24.8 Å². The number of aryl methyl sites for hydroxylation is 1. The van der Waals surface area contributed by atoms with E-state index in [4.69, 9.17) is 4.74 Å². The second-order valence-electron chi connectivity index (χ2n) is 9.61. The fourth-order valence-electron chi connectivity index (χ4n) is 5.77. The van der Waals surface area contributed by atoms with Crippen LogP contribution >= 0.6 is 0 Å². The van der Waals surface area contributed by atoms with Crippen LogP contribution in [0.4, 0.5) is 5.69 Å². The number of rotatable bonds is 5. The lowest BCUT2D eigenvalue weighted by atomic mass is 9.94. The molecule has 1 saturated carbocycles. The van der Waals surface area contributed by atoms with Crippen LogP contribution in [0, 0.1) is 0 Å². The van der Waals surface area contributed by atoms with Gasteiger partial charge in [0, 0.05) is 23.9 Å². The lowest BCUT2D eigenvalue weighted by Crippen LogP contribution is -2.39. The number of pyridine rings is 1. The van der Waals surface area contributed by atoms with Crippen molar-refractivity contribution in [2.24, 2.45) is 0 Å². The first-order valence-corrected chi connectivity index (χ1v) is 12.6. The molecule has 1 aliphatic carbocycles. The molecule has 35 heavy (non-hydrogen) atoms. The van der Waals surface area contributed by atoms with Gasteiger partial charge in [-0.15, -0.1) is 5.10 Å². The standard InChI is InChI=1S/C27H30N6O2/c1-35-21-14-13-19-16-22(27(34)28-23(19)17-21)25(32-15-7-9-18-8-5-6-12-24(18)32)26-29-30-31-33(26)20-10-3-2-4-11-20/h5-6,8,12-14,16-17,20,25H,2-4,7,9-11,15H2,1H3,(H,28,34). The summed E-state index contributed by atoms with van der Waals surface area (Å²) in [5.74, 6) is 1.45. The van der Waals surface area contributed by atoms with Crippen molar-refractivity contribution in [3.8, 4) is 5.75 Å². The maximum atomic E-state index is 13.6. The molecular formula is C27H30N6O2. The first kappa shape index (κ1) is 21.8. The SMILES string of the molecule is COc1ccc2cc(C(c3nnnn3C3CCCCC3)N3CCCc4ccccc43)c(=O)[nH]c2c1. The van der Waals surface area contributed by atoms with Crippen molar-refractivity contribution < 1.29 is 4.74 Å². The number of benzene rings is 2. The maximum absolute atomic E-state index is 13.6. The number of H-pyrrole nitrogens is 1. The Morgan fingerprint density at radius 1 is 1.06 bits per heavy atom. The number of aromatic amines is 1. The van der Waals surface area contributed by atoms with E-state index in [0.29, 0.717) is 11.3 Å². The van der Waals surface area contributed by atoms with Crippen molar-refractivity contribution >= 4 is 16.6 Å². The first-order valence-electron chi connectivity index (χ1n) is 12.6. The fourth-order valence-corrected chi connectivity index (χ4v) is 5.77. The molecule has 8 nitrogen and oxygen atoms in total. The molecule has 0 spiro atoms. The summed E-state index contributed by atoms with van der Waals surface area (Å²) >= 11 is 0. The predicted octanol–water partition coefficient (Wildman–Crippen LogP) is 4.57. The van der Waals surface area contributed by atoms with Crippen LogP contribution < -0.4 is 15.2 Å². The average Bonchev–Trinajstić information content (AvgIpc) is 3.39. The van der Waals surface area contributed by atoms with E-state index >= 15 is 0 Å². The van der Waals surface area contributed by atoms with Crippen molar-refractivity contribution in [1.29, 1.82) is 0 Å². The third kappa shape index (κ3) is 3.96. The number of hydrogen-bond acceptors (Lipinski definition) is 6. The number of hydrogen-bond donors (Lipinski definition) is 1. The summed E-state index contributed by atoms with van der Waals surface area (Å²) in [5.41, 5.74) is 3.73. The van der Waals surface area contributed by atoms with Gasteiger partial charge in [0.15, 0.2) is 5.82 Å². The third-order valence-corrected chi connectivity index (χ3v) is 7.52. The van der Waals surface area contributed by atoms with Crippen LogP contribution in [0.2, 0.25) is 0 Å². The van der Waals surface area contributed by atoms with E-state index in [-0.39, 0.29) is 17.6 Å². The number of anilines is 1. The number of fused-ring (bicyclic) bond motifs is 2. The molecular weight excluding hydrogens is 440 g/mol. The minimum atomic E-state index is -0.386. The van der Waals surface area contributed by atoms with Crippen molar-refractivity contribution in [3.05, 3.63) is 75.8 Å². The highest BCUT2D eigenvalue weighted by Gasteiger charge is 2.34. The minimum absolute atomic E-state index is 0.128. The maximum Gasteiger partial charge on any atom is 0.254 e. The lowest BCUT2D eigenvalue weighted by molar-refractivity contribution is 0.313. The quantitative estimate of drug-likeness (QED) is 0.460. The van der Waals surface area contributed by atoms with Crippen LogP contribution in [0.25, 0.3) is 10.9 Å². The van der Waals surface area contributed by atoms with Gasteiger partial charge in [0.05, 0.1) is 18.7 Å². The summed E-state index contributed by atoms with van der Waals surface area (Å²) in [6, 6.07) is 16.1. The van der Waals surface area contributed by atoms with Crippen LogP contribution in [0.1, 0.15) is 67.6 Å². The molecule has 1 N–H and O–H groups in total. The molecule has 6 rings (SSSR count). The Bertz CT molecular complexity index is 1400. The van der Waals surface area contributed by atoms with Crippen LogP contribution in [-0.4, -0.2) is 38.8 Å². The van der Waals surface area contributed by atoms with Crippen LogP contribution in [0.3, 0.4) is 0 Å². The third-order valence-electron chi connectivity index (χ3n) is 7.52. The highest BCUT2D eigenvalue weighted by Crippen LogP contribution is 2.38. The molecule has 1 atom stereocenters. The summed E-state index contributed by atoms with van der Waals surface area (Å²) < 4.78 is 7.35. The van der Waals surface area contributed by atoms with Crippen molar-refractivity contribution in [2.45, 2.75) is 57.0 Å². The zero-order valence-corrected chi connectivity index (χ0v) is 20.0. The monoisotopic (exact) mass is 470 g/mol. The Balaban J connectivity index is 1.54. The zero-order valence-electron chi connectivity index (χ0n) is 20.0. The van der Waals surface area contributed by atoms with Gasteiger partial charge in [-0.1, -0.05) is 37.5 Å². The average molecular weight is 471 g/mol. The molecule has 1 aliphatic heterocycles. The van der Waals surface area contributed by atoms with Crippen molar-refractivity contribution in [2.75, 3.05) is 18.6 Å². The van der Waals surface area contributed by atoms with Gasteiger partial charge in [-0.3, -0.25) is 4.79 Å². The number of nitrogens with zero attached hydrogens (tertiary/aromatic N) is 5. The molecule has 1 unspecified atom stereocenters. The van der Waals surface area contributed by atoms with E-state index in [1.807, 2.05) is 28.9 Å². The molecule has 0 radical (unpaired) electrons. The summed E-state index contributed by atoms with van der Waals surface area (Å²) in [7, 11) is 1.63. The van der Waals surface area contributed by atoms with Gasteiger partial charge in [0.2, 0.25) is 0 Å². The van der Waals surface area contributed by atoms with Crippen molar-refractivity contribution in [3.63, 3.8) is 0 Å². The number of methoxy groups -OCH3 is 1. The van der Waals surface area contributed by atoms with Crippen LogP contribution in [0.15, 0.2) is 53.3 Å². The summed E-state index contributed by atoms with van der Waals surface area (Å²) in [5, 5.41) is 14.1. The van der Waals surface area contributed by atoms with Gasteiger partial charge in [0.25, 0.3) is 5.56 Å². The molecule has 2 aromatic carbocycles. The molecule has 2 aliphatic rings. The van der Waals surface area contributed by atoms with E-state index < -0.39 is 0 Å². The van der Waals surface area contributed by atoms with Crippen molar-refractivity contribution in [1.82, 2.24) is 25.2 Å². The Labute approximate surface area is 203 Å². The van der Waals surface area contributed by atoms with E-state index in [2.05, 4.69) is 49.7 Å². The number of tetrazole rings is 1. The number of nitrogens with one attached hydrogen (secondary N) is 1. The minimum Gasteiger partial charge on any atom is -0.497 e. The Hall–Kier alpha value is -3.68. The Morgan fingerprint density at radius 2 is 1.91 bits per heavy atom. The Morgan fingerprint density at radius 3 is 2.77 bits per heavy atom. The number of ether oxygens (including phenoxy) is 1. The van der Waals surface area contributed by atoms with Crippen LogP contribution in [0.5, 0.6) is 5.75 Å². The second kappa shape index (κ2) is 9.17. The molecule has 8 heteroatoms. The fraction of sp³-hybridized carbons (Fsp3) is 0.407. The molecule has 0 bridgehead atoms. The summed E-state index contributed by atoms with van der Waals surface area (Å²) in [4.78, 5) is 19.0. The summed E-state index contributed by atoms with van der Waals surface area (Å²) in [6.07, 6.45) is 7.79. The van der Waals surface area contributed by atoms with Crippen LogP contribution in [-0.2, 0) is 6.42 Å². The Kier molecular flexibility index (Phi) is 5.72. The topological polar surface area (TPSA) is 88.9 Å². The van der Waals surface area contributed by atoms with Gasteiger partial charge in [-0.25, -0.2) is 4.68 Å². The molecule has 180 valence electrons. The highest BCUT2D eigenvalue weighted by molar-refractivity contribution is 5.81. The second-order valence-corrected chi connectivity index (χ2v) is 9.61. The van der Waals surface area contributed by atoms with Gasteiger partial charge in [0.1, 0.15) is 11.8 Å². The molecule has 0 amide bonds. The largest absolute Gasteiger partial charge is 0.497 e. The lowest BCUT2D eigenvalue weighted by Gasteiger charge is -2.38.